The van der Waals surface area contributed by atoms with Crippen molar-refractivity contribution in [3.8, 4) is 33.9 Å². The van der Waals surface area contributed by atoms with Gasteiger partial charge in [-0.15, -0.1) is 0 Å². The van der Waals surface area contributed by atoms with E-state index in [4.69, 9.17) is 9.47 Å². The normalized spacial score (nSPS) is 10.4. The number of rotatable bonds is 6. The summed E-state index contributed by atoms with van der Waals surface area (Å²) in [6.45, 7) is 0.394. The van der Waals surface area contributed by atoms with Crippen LogP contribution in [0.5, 0.6) is 11.5 Å². The number of nitrogens with one attached hydrogen (secondary N) is 2. The number of hydrogen-bond acceptors (Lipinski definition) is 4. The number of aromatic amines is 1. The Kier molecular flexibility index (Phi) is 5.75. The number of pyridine rings is 1. The van der Waals surface area contributed by atoms with Crippen molar-refractivity contribution in [3.63, 3.8) is 0 Å². The molecule has 0 unspecified atom stereocenters. The second-order valence-electron chi connectivity index (χ2n) is 6.64. The van der Waals surface area contributed by atoms with Crippen molar-refractivity contribution in [1.82, 2.24) is 15.3 Å². The van der Waals surface area contributed by atoms with Crippen LogP contribution in [-0.4, -0.2) is 23.2 Å². The number of hydrogen-bond donors (Lipinski definition) is 2. The van der Waals surface area contributed by atoms with Crippen LogP contribution in [0.25, 0.3) is 22.4 Å². The number of nitrogens with zero attached hydrogens (tertiary/aromatic N) is 1. The molecule has 0 fully saturated rings. The standard InChI is InChI=1S/C24H21N3O3/c1-29-23-10-9-20(30-24(28)27-14-17-6-3-2-4-7-17)13-21(23)18-12-19(16-25-15-18)22-8-5-11-26-22/h2-13,15-16,26H,14H2,1H3,(H,27,28). The molecule has 0 aliphatic rings. The third-order valence-corrected chi connectivity index (χ3v) is 4.62. The SMILES string of the molecule is COc1ccc(OC(=O)NCc2ccccc2)cc1-c1cncc(-c2ccc[nH]2)c1. The minimum Gasteiger partial charge on any atom is -0.496 e. The summed E-state index contributed by atoms with van der Waals surface area (Å²) in [5.41, 5.74) is 4.56. The van der Waals surface area contributed by atoms with Gasteiger partial charge in [-0.3, -0.25) is 4.98 Å². The molecule has 0 spiro atoms. The Morgan fingerprint density at radius 1 is 1.00 bits per heavy atom. The van der Waals surface area contributed by atoms with Crippen LogP contribution in [0.2, 0.25) is 0 Å². The van der Waals surface area contributed by atoms with Crippen LogP contribution in [0.4, 0.5) is 4.79 Å². The van der Waals surface area contributed by atoms with E-state index in [1.54, 1.807) is 37.7 Å². The molecule has 4 rings (SSSR count). The number of aromatic nitrogens is 2. The molecular formula is C24H21N3O3. The predicted molar refractivity (Wildman–Crippen MR) is 115 cm³/mol. The lowest BCUT2D eigenvalue weighted by Gasteiger charge is -2.12. The topological polar surface area (TPSA) is 76.2 Å². The largest absolute Gasteiger partial charge is 0.496 e. The molecule has 0 saturated carbocycles. The molecule has 0 saturated heterocycles. The van der Waals surface area contributed by atoms with Crippen LogP contribution >= 0.6 is 0 Å². The van der Waals surface area contributed by atoms with E-state index in [0.717, 1.165) is 27.9 Å². The third-order valence-electron chi connectivity index (χ3n) is 4.62. The Morgan fingerprint density at radius 2 is 1.83 bits per heavy atom. The Balaban J connectivity index is 1.54. The van der Waals surface area contributed by atoms with Crippen LogP contribution in [0.3, 0.4) is 0 Å². The van der Waals surface area contributed by atoms with Crippen LogP contribution in [0, 0.1) is 0 Å². The van der Waals surface area contributed by atoms with E-state index in [1.165, 1.54) is 0 Å². The monoisotopic (exact) mass is 399 g/mol. The minimum absolute atomic E-state index is 0.394. The molecule has 2 aromatic carbocycles. The van der Waals surface area contributed by atoms with E-state index >= 15 is 0 Å². The highest BCUT2D eigenvalue weighted by molar-refractivity contribution is 5.77. The van der Waals surface area contributed by atoms with E-state index in [1.807, 2.05) is 54.7 Å². The summed E-state index contributed by atoms with van der Waals surface area (Å²) in [5.74, 6) is 1.08. The van der Waals surface area contributed by atoms with Crippen LogP contribution in [-0.2, 0) is 6.54 Å². The Labute approximate surface area is 174 Å². The molecule has 0 atom stereocenters. The van der Waals surface area contributed by atoms with E-state index in [-0.39, 0.29) is 0 Å². The first-order chi connectivity index (χ1) is 14.7. The van der Waals surface area contributed by atoms with Crippen molar-refractivity contribution in [2.75, 3.05) is 7.11 Å². The smallest absolute Gasteiger partial charge is 0.412 e. The maximum Gasteiger partial charge on any atom is 0.412 e. The maximum absolute atomic E-state index is 12.2. The minimum atomic E-state index is -0.520. The van der Waals surface area contributed by atoms with Gasteiger partial charge in [0.05, 0.1) is 7.11 Å². The van der Waals surface area contributed by atoms with Gasteiger partial charge < -0.3 is 19.8 Å². The Hall–Kier alpha value is -4.06. The molecule has 6 heteroatoms. The van der Waals surface area contributed by atoms with Crippen LogP contribution in [0.15, 0.2) is 85.3 Å². The van der Waals surface area contributed by atoms with Crippen molar-refractivity contribution >= 4 is 6.09 Å². The van der Waals surface area contributed by atoms with E-state index in [2.05, 4.69) is 15.3 Å². The highest BCUT2D eigenvalue weighted by Crippen LogP contribution is 2.34. The highest BCUT2D eigenvalue weighted by atomic mass is 16.6. The van der Waals surface area contributed by atoms with E-state index in [0.29, 0.717) is 18.0 Å². The summed E-state index contributed by atoms with van der Waals surface area (Å²) in [6.07, 6.45) is 4.89. The predicted octanol–water partition coefficient (Wildman–Crippen LogP) is 5.04. The van der Waals surface area contributed by atoms with Gasteiger partial charge in [-0.25, -0.2) is 4.79 Å². The van der Waals surface area contributed by atoms with E-state index < -0.39 is 6.09 Å². The average Bonchev–Trinajstić information content (AvgIpc) is 3.34. The fourth-order valence-corrected chi connectivity index (χ4v) is 3.13. The molecule has 2 N–H and O–H groups in total. The molecule has 0 radical (unpaired) electrons. The van der Waals surface area contributed by atoms with Gasteiger partial charge in [0.2, 0.25) is 0 Å². The number of H-pyrrole nitrogens is 1. The molecule has 150 valence electrons. The zero-order chi connectivity index (χ0) is 20.8. The van der Waals surface area contributed by atoms with E-state index in [9.17, 15) is 4.79 Å². The fraction of sp³-hybridized carbons (Fsp3) is 0.0833. The summed E-state index contributed by atoms with van der Waals surface area (Å²) >= 11 is 0. The number of ether oxygens (including phenoxy) is 2. The summed E-state index contributed by atoms with van der Waals surface area (Å²) in [7, 11) is 1.61. The van der Waals surface area contributed by atoms with Gasteiger partial charge in [0, 0.05) is 47.5 Å². The van der Waals surface area contributed by atoms with Gasteiger partial charge in [0.25, 0.3) is 0 Å². The van der Waals surface area contributed by atoms with Gasteiger partial charge in [-0.2, -0.15) is 0 Å². The van der Waals surface area contributed by atoms with Crippen LogP contribution in [0.1, 0.15) is 5.56 Å². The lowest BCUT2D eigenvalue weighted by atomic mass is 10.0. The van der Waals surface area contributed by atoms with Crippen LogP contribution < -0.4 is 14.8 Å². The van der Waals surface area contributed by atoms with Gasteiger partial charge in [-0.1, -0.05) is 30.3 Å². The number of methoxy groups -OCH3 is 1. The highest BCUT2D eigenvalue weighted by Gasteiger charge is 2.12. The molecule has 0 aliphatic carbocycles. The molecular weight excluding hydrogens is 378 g/mol. The molecule has 0 bridgehead atoms. The van der Waals surface area contributed by atoms with Gasteiger partial charge in [-0.05, 0) is 42.0 Å². The summed E-state index contributed by atoms with van der Waals surface area (Å²) in [6, 6.07) is 20.8. The van der Waals surface area contributed by atoms with Crippen molar-refractivity contribution in [3.05, 3.63) is 90.9 Å². The second kappa shape index (κ2) is 8.96. The van der Waals surface area contributed by atoms with Crippen molar-refractivity contribution in [1.29, 1.82) is 0 Å². The molecule has 1 amide bonds. The van der Waals surface area contributed by atoms with Crippen molar-refractivity contribution < 1.29 is 14.3 Å². The zero-order valence-corrected chi connectivity index (χ0v) is 16.5. The lowest BCUT2D eigenvalue weighted by Crippen LogP contribution is -2.26. The molecule has 2 heterocycles. The summed E-state index contributed by atoms with van der Waals surface area (Å²) < 4.78 is 11.0. The molecule has 4 aromatic rings. The first kappa shape index (κ1) is 19.3. The maximum atomic E-state index is 12.2. The summed E-state index contributed by atoms with van der Waals surface area (Å²) in [5, 5.41) is 2.75. The zero-order valence-electron chi connectivity index (χ0n) is 16.5. The molecule has 6 nitrogen and oxygen atoms in total. The fourth-order valence-electron chi connectivity index (χ4n) is 3.13. The molecule has 0 aliphatic heterocycles. The van der Waals surface area contributed by atoms with Gasteiger partial charge in [0.15, 0.2) is 0 Å². The van der Waals surface area contributed by atoms with Gasteiger partial charge >= 0.3 is 6.09 Å². The van der Waals surface area contributed by atoms with Crippen molar-refractivity contribution in [2.45, 2.75) is 6.54 Å². The summed E-state index contributed by atoms with van der Waals surface area (Å²) in [4.78, 5) is 19.7. The van der Waals surface area contributed by atoms with Crippen molar-refractivity contribution in [2.24, 2.45) is 0 Å². The molecule has 30 heavy (non-hydrogen) atoms. The third kappa shape index (κ3) is 4.50. The number of benzene rings is 2. The average molecular weight is 399 g/mol. The first-order valence-corrected chi connectivity index (χ1v) is 9.50. The Morgan fingerprint density at radius 3 is 2.60 bits per heavy atom. The Bertz CT molecular complexity index is 1130. The number of carbonyl (C=O) groups is 1. The quantitative estimate of drug-likeness (QED) is 0.476. The first-order valence-electron chi connectivity index (χ1n) is 9.50. The number of amides is 1. The molecule has 2 aromatic heterocycles. The second-order valence-corrected chi connectivity index (χ2v) is 6.64. The van der Waals surface area contributed by atoms with Gasteiger partial charge in [0.1, 0.15) is 11.5 Å². The lowest BCUT2D eigenvalue weighted by molar-refractivity contribution is 0.200. The number of carbonyl (C=O) groups excluding carboxylic acids is 1.